The van der Waals surface area contributed by atoms with Crippen molar-refractivity contribution in [2.75, 3.05) is 26.3 Å². The molecule has 1 aliphatic rings. The number of hydrogen-bond acceptors (Lipinski definition) is 5. The van der Waals surface area contributed by atoms with Gasteiger partial charge < -0.3 is 24.3 Å². The molecule has 1 amide bonds. The molecule has 0 bridgehead atoms. The third-order valence-electron chi connectivity index (χ3n) is 3.75. The topological polar surface area (TPSA) is 66.0 Å². The van der Waals surface area contributed by atoms with E-state index in [0.29, 0.717) is 34.2 Å². The summed E-state index contributed by atoms with van der Waals surface area (Å²) in [5.74, 6) is 2.10. The van der Waals surface area contributed by atoms with Gasteiger partial charge in [-0.2, -0.15) is 0 Å². The van der Waals surface area contributed by atoms with Gasteiger partial charge in [-0.05, 0) is 31.2 Å². The highest BCUT2D eigenvalue weighted by Crippen LogP contribution is 2.36. The number of ether oxygens (including phenoxy) is 4. The lowest BCUT2D eigenvalue weighted by atomic mass is 10.1. The van der Waals surface area contributed by atoms with Crippen molar-refractivity contribution in [3.63, 3.8) is 0 Å². The Hall–Kier alpha value is -3.15. The Morgan fingerprint density at radius 3 is 2.64 bits per heavy atom. The summed E-state index contributed by atoms with van der Waals surface area (Å²) < 4.78 is 21.3. The van der Waals surface area contributed by atoms with Crippen LogP contribution in [0.5, 0.6) is 23.0 Å². The van der Waals surface area contributed by atoms with E-state index in [4.69, 9.17) is 18.9 Å². The van der Waals surface area contributed by atoms with Crippen molar-refractivity contribution in [3.8, 4) is 23.0 Å². The second kappa shape index (κ2) is 7.17. The van der Waals surface area contributed by atoms with Gasteiger partial charge in [0.15, 0.2) is 23.0 Å². The Morgan fingerprint density at radius 1 is 1.12 bits per heavy atom. The lowest BCUT2D eigenvalue weighted by Gasteiger charge is -2.13. The number of benzene rings is 2. The molecule has 0 saturated carbocycles. The normalized spacial score (nSPS) is 12.3. The van der Waals surface area contributed by atoms with Crippen molar-refractivity contribution in [2.45, 2.75) is 6.92 Å². The summed E-state index contributed by atoms with van der Waals surface area (Å²) in [5, 5.41) is 2.85. The molecule has 0 unspecified atom stereocenters. The van der Waals surface area contributed by atoms with E-state index < -0.39 is 0 Å². The van der Waals surface area contributed by atoms with Crippen LogP contribution < -0.4 is 24.3 Å². The van der Waals surface area contributed by atoms with Crippen molar-refractivity contribution in [1.29, 1.82) is 0 Å². The molecule has 1 heterocycles. The van der Waals surface area contributed by atoms with E-state index in [2.05, 4.69) is 5.32 Å². The standard InChI is InChI=1S/C19H19NO5/c1-4-5-12-8-13(9-17(22-2)18(12)23-3)19(21)20-14-6-7-15-16(10-14)25-11-24-15/h4-10H,11H2,1-3H3,(H,20,21)/b5-4+. The molecule has 0 aromatic heterocycles. The van der Waals surface area contributed by atoms with Crippen LogP contribution in [0.15, 0.2) is 36.4 Å². The maximum absolute atomic E-state index is 12.6. The summed E-state index contributed by atoms with van der Waals surface area (Å²) >= 11 is 0. The highest BCUT2D eigenvalue weighted by atomic mass is 16.7. The quantitative estimate of drug-likeness (QED) is 0.898. The van der Waals surface area contributed by atoms with Crippen molar-refractivity contribution in [2.24, 2.45) is 0 Å². The van der Waals surface area contributed by atoms with E-state index in [1.807, 2.05) is 19.1 Å². The second-order valence-electron chi connectivity index (χ2n) is 5.32. The first-order valence-electron chi connectivity index (χ1n) is 7.76. The first-order valence-corrected chi connectivity index (χ1v) is 7.76. The van der Waals surface area contributed by atoms with Crippen LogP contribution in [0.4, 0.5) is 5.69 Å². The number of anilines is 1. The number of rotatable bonds is 5. The summed E-state index contributed by atoms with van der Waals surface area (Å²) in [6.45, 7) is 2.08. The van der Waals surface area contributed by atoms with Crippen LogP contribution in [0.3, 0.4) is 0 Å². The zero-order chi connectivity index (χ0) is 17.8. The highest BCUT2D eigenvalue weighted by Gasteiger charge is 2.17. The third kappa shape index (κ3) is 3.38. The second-order valence-corrected chi connectivity index (χ2v) is 5.32. The van der Waals surface area contributed by atoms with E-state index in [9.17, 15) is 4.79 Å². The van der Waals surface area contributed by atoms with Crippen molar-refractivity contribution >= 4 is 17.7 Å². The summed E-state index contributed by atoms with van der Waals surface area (Å²) in [6, 6.07) is 8.66. The minimum Gasteiger partial charge on any atom is -0.493 e. The molecule has 130 valence electrons. The molecule has 0 spiro atoms. The van der Waals surface area contributed by atoms with Gasteiger partial charge in [-0.25, -0.2) is 0 Å². The van der Waals surface area contributed by atoms with Crippen molar-refractivity contribution < 1.29 is 23.7 Å². The number of hydrogen-bond donors (Lipinski definition) is 1. The van der Waals surface area contributed by atoms with Crippen LogP contribution in [0.2, 0.25) is 0 Å². The molecule has 6 heteroatoms. The van der Waals surface area contributed by atoms with Gasteiger partial charge in [-0.15, -0.1) is 0 Å². The van der Waals surface area contributed by atoms with Gasteiger partial charge in [0.2, 0.25) is 6.79 Å². The monoisotopic (exact) mass is 341 g/mol. The predicted octanol–water partition coefficient (Wildman–Crippen LogP) is 3.72. The minimum atomic E-state index is -0.259. The van der Waals surface area contributed by atoms with E-state index in [1.54, 1.807) is 37.4 Å². The molecule has 6 nitrogen and oxygen atoms in total. The van der Waals surface area contributed by atoms with Crippen LogP contribution >= 0.6 is 0 Å². The molecule has 1 N–H and O–H groups in total. The number of nitrogens with one attached hydrogen (secondary N) is 1. The van der Waals surface area contributed by atoms with Crippen LogP contribution in [-0.4, -0.2) is 26.9 Å². The fourth-order valence-electron chi connectivity index (χ4n) is 2.61. The smallest absolute Gasteiger partial charge is 0.255 e. The molecular formula is C19H19NO5. The molecule has 2 aromatic carbocycles. The van der Waals surface area contributed by atoms with Gasteiger partial charge in [0.1, 0.15) is 0 Å². The maximum Gasteiger partial charge on any atom is 0.255 e. The van der Waals surface area contributed by atoms with Gasteiger partial charge in [0.25, 0.3) is 5.91 Å². The van der Waals surface area contributed by atoms with Gasteiger partial charge in [-0.3, -0.25) is 4.79 Å². The molecule has 2 aromatic rings. The SMILES string of the molecule is C/C=C/c1cc(C(=O)Nc2ccc3c(c2)OCO3)cc(OC)c1OC. The van der Waals surface area contributed by atoms with Gasteiger partial charge >= 0.3 is 0 Å². The summed E-state index contributed by atoms with van der Waals surface area (Å²) in [5.41, 5.74) is 1.85. The van der Waals surface area contributed by atoms with Crippen molar-refractivity contribution in [3.05, 3.63) is 47.5 Å². The summed E-state index contributed by atoms with van der Waals surface area (Å²) in [6.07, 6.45) is 3.73. The zero-order valence-corrected chi connectivity index (χ0v) is 14.3. The molecule has 0 radical (unpaired) electrons. The van der Waals surface area contributed by atoms with Crippen LogP contribution in [0.1, 0.15) is 22.8 Å². The van der Waals surface area contributed by atoms with E-state index in [-0.39, 0.29) is 12.7 Å². The fourth-order valence-corrected chi connectivity index (χ4v) is 2.61. The summed E-state index contributed by atoms with van der Waals surface area (Å²) in [7, 11) is 3.11. The lowest BCUT2D eigenvalue weighted by Crippen LogP contribution is -2.12. The first-order chi connectivity index (χ1) is 12.2. The molecule has 1 aliphatic heterocycles. The number of carbonyl (C=O) groups excluding carboxylic acids is 1. The van der Waals surface area contributed by atoms with Crippen molar-refractivity contribution in [1.82, 2.24) is 0 Å². The van der Waals surface area contributed by atoms with Crippen LogP contribution in [0, 0.1) is 0 Å². The molecular weight excluding hydrogens is 322 g/mol. The van der Waals surface area contributed by atoms with E-state index >= 15 is 0 Å². The Bertz CT molecular complexity index is 829. The number of carbonyl (C=O) groups is 1. The molecule has 0 aliphatic carbocycles. The summed E-state index contributed by atoms with van der Waals surface area (Å²) in [4.78, 5) is 12.6. The average Bonchev–Trinajstić information content (AvgIpc) is 3.09. The predicted molar refractivity (Wildman–Crippen MR) is 94.8 cm³/mol. The Morgan fingerprint density at radius 2 is 1.92 bits per heavy atom. The molecule has 3 rings (SSSR count). The third-order valence-corrected chi connectivity index (χ3v) is 3.75. The van der Waals surface area contributed by atoms with Crippen LogP contribution in [0.25, 0.3) is 6.08 Å². The minimum absolute atomic E-state index is 0.190. The number of allylic oxidation sites excluding steroid dienone is 1. The lowest BCUT2D eigenvalue weighted by molar-refractivity contribution is 0.102. The van der Waals surface area contributed by atoms with E-state index in [0.717, 1.165) is 5.56 Å². The first kappa shape index (κ1) is 16.7. The Labute approximate surface area is 146 Å². The zero-order valence-electron chi connectivity index (χ0n) is 14.3. The molecule has 0 fully saturated rings. The Balaban J connectivity index is 1.90. The largest absolute Gasteiger partial charge is 0.493 e. The van der Waals surface area contributed by atoms with E-state index in [1.165, 1.54) is 7.11 Å². The molecule has 0 atom stereocenters. The van der Waals surface area contributed by atoms with Gasteiger partial charge in [0.05, 0.1) is 14.2 Å². The number of fused-ring (bicyclic) bond motifs is 1. The number of amides is 1. The van der Waals surface area contributed by atoms with Gasteiger partial charge in [-0.1, -0.05) is 12.2 Å². The average molecular weight is 341 g/mol. The molecule has 25 heavy (non-hydrogen) atoms. The maximum atomic E-state index is 12.6. The highest BCUT2D eigenvalue weighted by molar-refractivity contribution is 6.05. The number of methoxy groups -OCH3 is 2. The van der Waals surface area contributed by atoms with Gasteiger partial charge in [0, 0.05) is 22.9 Å². The Kier molecular flexibility index (Phi) is 4.79. The molecule has 0 saturated heterocycles. The fraction of sp³-hybridized carbons (Fsp3) is 0.211. The van der Waals surface area contributed by atoms with Crippen LogP contribution in [-0.2, 0) is 0 Å².